The molecule has 1 aliphatic carbocycles. The van der Waals surface area contributed by atoms with Crippen molar-refractivity contribution in [1.82, 2.24) is 0 Å². The number of nitrogen functional groups attached to an aromatic ring is 1. The largest absolute Gasteiger partial charge is 0.398 e. The van der Waals surface area contributed by atoms with Gasteiger partial charge in [0.1, 0.15) is 11.9 Å². The zero-order valence-electron chi connectivity index (χ0n) is 18.2. The minimum atomic E-state index is -0.483. The predicted octanol–water partition coefficient (Wildman–Crippen LogP) is 7.32. The van der Waals surface area contributed by atoms with Crippen LogP contribution in [0.15, 0.2) is 36.4 Å². The number of allylic oxidation sites excluding steroid dienone is 1. The van der Waals surface area contributed by atoms with Gasteiger partial charge in [-0.2, -0.15) is 5.26 Å². The number of hydrogen-bond donors (Lipinski definition) is 1. The van der Waals surface area contributed by atoms with Crippen molar-refractivity contribution in [3.8, 4) is 6.07 Å². The quantitative estimate of drug-likeness (QED) is 0.556. The first-order chi connectivity index (χ1) is 13.9. The average Bonchev–Trinajstić information content (AvgIpc) is 2.70. The summed E-state index contributed by atoms with van der Waals surface area (Å²) in [6.07, 6.45) is 10.4. The average molecular weight is 393 g/mol. The second-order valence-electron chi connectivity index (χ2n) is 8.05. The summed E-state index contributed by atoms with van der Waals surface area (Å²) in [5.41, 5.74) is 11.5. The summed E-state index contributed by atoms with van der Waals surface area (Å²) in [5, 5.41) is 9.09. The molecule has 0 spiro atoms. The maximum Gasteiger partial charge on any atom is 0.141 e. The number of nitrogens with zero attached hydrogens (tertiary/aromatic N) is 1. The minimum absolute atomic E-state index is 0.0594. The Kier molecular flexibility index (Phi) is 8.46. The molecule has 1 aliphatic rings. The van der Waals surface area contributed by atoms with E-state index in [4.69, 9.17) is 11.0 Å². The molecule has 0 aliphatic heterocycles. The van der Waals surface area contributed by atoms with Gasteiger partial charge in [0.2, 0.25) is 0 Å². The van der Waals surface area contributed by atoms with E-state index >= 15 is 0 Å². The van der Waals surface area contributed by atoms with Crippen LogP contribution in [0.25, 0.3) is 5.57 Å². The van der Waals surface area contributed by atoms with Crippen LogP contribution in [-0.2, 0) is 0 Å². The summed E-state index contributed by atoms with van der Waals surface area (Å²) in [6, 6.07) is 10.7. The molecule has 0 unspecified atom stereocenters. The Hall–Kier alpha value is -2.60. The van der Waals surface area contributed by atoms with E-state index in [2.05, 4.69) is 13.0 Å². The molecule has 29 heavy (non-hydrogen) atoms. The highest BCUT2D eigenvalue weighted by Gasteiger charge is 2.14. The number of anilines is 1. The van der Waals surface area contributed by atoms with E-state index in [-0.39, 0.29) is 5.56 Å². The minimum Gasteiger partial charge on any atom is -0.398 e. The second-order valence-corrected chi connectivity index (χ2v) is 8.05. The number of hydrogen-bond acceptors (Lipinski definition) is 2. The van der Waals surface area contributed by atoms with Gasteiger partial charge in [0.15, 0.2) is 0 Å². The van der Waals surface area contributed by atoms with Gasteiger partial charge in [-0.05, 0) is 72.2 Å². The van der Waals surface area contributed by atoms with Gasteiger partial charge in [-0.1, -0.05) is 64.2 Å². The zero-order valence-corrected chi connectivity index (χ0v) is 18.2. The SMILES string of the molecule is CC/C=C(\c1cc(C#N)c(F)cc1C)c1cccc(N)c1C.CC1CCCCC1. The molecule has 0 atom stereocenters. The third-order valence-electron chi connectivity index (χ3n) is 5.69. The van der Waals surface area contributed by atoms with Crippen LogP contribution in [0.5, 0.6) is 0 Å². The molecule has 0 aromatic heterocycles. The third kappa shape index (κ3) is 5.94. The van der Waals surface area contributed by atoms with Gasteiger partial charge in [-0.3, -0.25) is 0 Å². The summed E-state index contributed by atoms with van der Waals surface area (Å²) >= 11 is 0. The number of halogens is 1. The first-order valence-corrected chi connectivity index (χ1v) is 10.6. The Morgan fingerprint density at radius 3 is 2.41 bits per heavy atom. The van der Waals surface area contributed by atoms with Crippen LogP contribution in [0.4, 0.5) is 10.1 Å². The highest BCUT2D eigenvalue weighted by Crippen LogP contribution is 2.32. The molecule has 0 bridgehead atoms. The lowest BCUT2D eigenvalue weighted by molar-refractivity contribution is 0.385. The Labute approximate surface area is 175 Å². The van der Waals surface area contributed by atoms with Crippen LogP contribution in [0.1, 0.15) is 80.2 Å². The van der Waals surface area contributed by atoms with Gasteiger partial charge in [0.25, 0.3) is 0 Å². The monoisotopic (exact) mass is 392 g/mol. The summed E-state index contributed by atoms with van der Waals surface area (Å²) in [6.45, 7) is 8.23. The maximum absolute atomic E-state index is 13.8. The fraction of sp³-hybridized carbons (Fsp3) is 0.423. The summed E-state index contributed by atoms with van der Waals surface area (Å²) in [5.74, 6) is 0.553. The van der Waals surface area contributed by atoms with Crippen molar-refractivity contribution in [2.45, 2.75) is 66.2 Å². The van der Waals surface area contributed by atoms with Crippen molar-refractivity contribution in [3.05, 3.63) is 70.0 Å². The lowest BCUT2D eigenvalue weighted by Crippen LogP contribution is -2.00. The topological polar surface area (TPSA) is 49.8 Å². The summed E-state index contributed by atoms with van der Waals surface area (Å²) < 4.78 is 13.8. The molecule has 1 fully saturated rings. The molecular weight excluding hydrogens is 359 g/mol. The zero-order chi connectivity index (χ0) is 21.4. The molecule has 2 aromatic rings. The molecule has 2 N–H and O–H groups in total. The van der Waals surface area contributed by atoms with Crippen LogP contribution in [-0.4, -0.2) is 0 Å². The van der Waals surface area contributed by atoms with Gasteiger partial charge in [-0.25, -0.2) is 4.39 Å². The van der Waals surface area contributed by atoms with Crippen molar-refractivity contribution in [1.29, 1.82) is 5.26 Å². The lowest BCUT2D eigenvalue weighted by atomic mass is 9.89. The first kappa shape index (κ1) is 22.7. The molecule has 0 amide bonds. The van der Waals surface area contributed by atoms with Crippen molar-refractivity contribution >= 4 is 11.3 Å². The Morgan fingerprint density at radius 2 is 1.86 bits per heavy atom. The Balaban J connectivity index is 0.000000360. The van der Waals surface area contributed by atoms with Crippen molar-refractivity contribution in [2.24, 2.45) is 5.92 Å². The van der Waals surface area contributed by atoms with Crippen LogP contribution in [0, 0.1) is 36.9 Å². The van der Waals surface area contributed by atoms with Crippen LogP contribution in [0.3, 0.4) is 0 Å². The Bertz CT molecular complexity index is 900. The highest BCUT2D eigenvalue weighted by atomic mass is 19.1. The fourth-order valence-corrected chi connectivity index (χ4v) is 3.87. The Morgan fingerprint density at radius 1 is 1.17 bits per heavy atom. The normalized spacial score (nSPS) is 14.7. The molecular formula is C26H33FN2. The summed E-state index contributed by atoms with van der Waals surface area (Å²) in [4.78, 5) is 0. The van der Waals surface area contributed by atoms with E-state index in [1.807, 2.05) is 45.0 Å². The van der Waals surface area contributed by atoms with Gasteiger partial charge in [0, 0.05) is 5.69 Å². The second kappa shape index (κ2) is 10.8. The number of nitriles is 1. The predicted molar refractivity (Wildman–Crippen MR) is 121 cm³/mol. The maximum atomic E-state index is 13.8. The van der Waals surface area contributed by atoms with Crippen LogP contribution in [0.2, 0.25) is 0 Å². The van der Waals surface area contributed by atoms with Gasteiger partial charge in [-0.15, -0.1) is 0 Å². The van der Waals surface area contributed by atoms with E-state index in [0.717, 1.165) is 45.9 Å². The van der Waals surface area contributed by atoms with E-state index in [9.17, 15) is 4.39 Å². The van der Waals surface area contributed by atoms with Crippen LogP contribution >= 0.6 is 0 Å². The highest BCUT2D eigenvalue weighted by molar-refractivity contribution is 5.85. The van der Waals surface area contributed by atoms with E-state index < -0.39 is 5.82 Å². The molecule has 2 nitrogen and oxygen atoms in total. The summed E-state index contributed by atoms with van der Waals surface area (Å²) in [7, 11) is 0. The molecule has 3 rings (SSSR count). The smallest absolute Gasteiger partial charge is 0.141 e. The number of rotatable bonds is 3. The standard InChI is InChI=1S/C19H19FN2.C7H14/c1-4-6-16(15-7-5-8-19(22)13(15)3)17-10-14(11-21)18(20)9-12(17)2;1-7-5-3-2-4-6-7/h5-10H,4,22H2,1-3H3;7H,2-6H2,1H3/b16-6-;. The van der Waals surface area contributed by atoms with Crippen molar-refractivity contribution < 1.29 is 4.39 Å². The lowest BCUT2D eigenvalue weighted by Gasteiger charge is -2.16. The number of nitrogens with two attached hydrogens (primary N) is 1. The number of benzene rings is 2. The molecule has 0 radical (unpaired) electrons. The molecule has 154 valence electrons. The first-order valence-electron chi connectivity index (χ1n) is 10.6. The fourth-order valence-electron chi connectivity index (χ4n) is 3.87. The molecule has 1 saturated carbocycles. The van der Waals surface area contributed by atoms with Crippen molar-refractivity contribution in [2.75, 3.05) is 5.73 Å². The number of aryl methyl sites for hydroxylation is 1. The van der Waals surface area contributed by atoms with E-state index in [1.54, 1.807) is 6.07 Å². The third-order valence-corrected chi connectivity index (χ3v) is 5.69. The molecule has 3 heteroatoms. The van der Waals surface area contributed by atoms with Crippen molar-refractivity contribution in [3.63, 3.8) is 0 Å². The van der Waals surface area contributed by atoms with E-state index in [0.29, 0.717) is 0 Å². The molecule has 0 heterocycles. The van der Waals surface area contributed by atoms with Gasteiger partial charge < -0.3 is 5.73 Å². The van der Waals surface area contributed by atoms with Crippen LogP contribution < -0.4 is 5.73 Å². The molecule has 0 saturated heterocycles. The van der Waals surface area contributed by atoms with Gasteiger partial charge >= 0.3 is 0 Å². The molecule has 2 aromatic carbocycles. The van der Waals surface area contributed by atoms with E-state index in [1.165, 1.54) is 38.2 Å². The van der Waals surface area contributed by atoms with Gasteiger partial charge in [0.05, 0.1) is 5.56 Å².